The van der Waals surface area contributed by atoms with Gasteiger partial charge in [0.05, 0.1) is 22.4 Å². The maximum Gasteiger partial charge on any atom is 0.176 e. The fourth-order valence-corrected chi connectivity index (χ4v) is 7.23. The molecule has 8 aromatic rings. The Balaban J connectivity index is 1.33. The highest BCUT2D eigenvalue weighted by Gasteiger charge is 2.27. The van der Waals surface area contributed by atoms with Gasteiger partial charge in [-0.2, -0.15) is 0 Å². The van der Waals surface area contributed by atoms with Crippen LogP contribution >= 0.6 is 0 Å². The largest absolute Gasteiger partial charge is 0.348 e. The Hall–Kier alpha value is -6.26. The van der Waals surface area contributed by atoms with Gasteiger partial charge in [0.25, 0.3) is 0 Å². The van der Waals surface area contributed by atoms with E-state index in [1.165, 1.54) is 49.7 Å². The van der Waals surface area contributed by atoms with E-state index in [1.807, 2.05) is 0 Å². The zero-order valence-electron chi connectivity index (χ0n) is 26.6. The highest BCUT2D eigenvalue weighted by molar-refractivity contribution is 6.17. The lowest BCUT2D eigenvalue weighted by Gasteiger charge is -2.26. The molecule has 230 valence electrons. The lowest BCUT2D eigenvalue weighted by molar-refractivity contribution is 0.822. The summed E-state index contributed by atoms with van der Waals surface area (Å²) in [5.41, 5.74) is 14.0. The summed E-state index contributed by atoms with van der Waals surface area (Å²) in [6.07, 6.45) is -0.116. The monoisotopic (exact) mass is 618 g/mol. The molecule has 1 aliphatic rings. The molecule has 0 saturated carbocycles. The molecule has 0 amide bonds. The van der Waals surface area contributed by atoms with E-state index in [4.69, 9.17) is 0 Å². The Kier molecular flexibility index (Phi) is 6.72. The zero-order valence-corrected chi connectivity index (χ0v) is 26.6. The van der Waals surface area contributed by atoms with E-state index in [1.54, 1.807) is 0 Å². The van der Waals surface area contributed by atoms with Crippen molar-refractivity contribution in [2.45, 2.75) is 6.29 Å². The van der Waals surface area contributed by atoms with Crippen molar-refractivity contribution in [3.8, 4) is 39.1 Å². The summed E-state index contributed by atoms with van der Waals surface area (Å²) in [7, 11) is 2.14. The molecule has 4 nitrogen and oxygen atoms in total. The van der Waals surface area contributed by atoms with Crippen molar-refractivity contribution in [3.63, 3.8) is 0 Å². The summed E-state index contributed by atoms with van der Waals surface area (Å²) in [5.74, 6) is 0. The van der Waals surface area contributed by atoms with Crippen LogP contribution in [0.25, 0.3) is 60.9 Å². The summed E-state index contributed by atoms with van der Waals surface area (Å²) in [6, 6.07) is 60.9. The summed E-state index contributed by atoms with van der Waals surface area (Å²) < 4.78 is 2.44. The molecular weight excluding hydrogens is 585 g/mol. The molecule has 0 spiro atoms. The second-order valence-electron chi connectivity index (χ2n) is 12.4. The Bertz CT molecular complexity index is 2410. The number of para-hydroxylation sites is 3. The van der Waals surface area contributed by atoms with E-state index >= 15 is 0 Å². The number of nitrogens with zero attached hydrogens (tertiary/aromatic N) is 2. The van der Waals surface area contributed by atoms with Crippen LogP contribution < -0.4 is 15.5 Å². The van der Waals surface area contributed by atoms with E-state index in [0.717, 1.165) is 28.2 Å². The molecule has 1 unspecified atom stereocenters. The van der Waals surface area contributed by atoms with Crippen LogP contribution in [0.2, 0.25) is 0 Å². The third-order valence-electron chi connectivity index (χ3n) is 9.56. The fraction of sp³-hybridized carbons (Fsp3) is 0.0455. The van der Waals surface area contributed by atoms with Crippen molar-refractivity contribution in [1.82, 2.24) is 4.57 Å². The van der Waals surface area contributed by atoms with Crippen LogP contribution in [0.15, 0.2) is 170 Å². The van der Waals surface area contributed by atoms with Gasteiger partial charge in [-0.1, -0.05) is 121 Å². The Morgan fingerprint density at radius 3 is 1.88 bits per heavy atom. The molecule has 1 atom stereocenters. The number of nitrogens with one attached hydrogen (secondary N) is 2. The molecule has 0 bridgehead atoms. The first-order chi connectivity index (χ1) is 23.7. The van der Waals surface area contributed by atoms with Gasteiger partial charge in [0.1, 0.15) is 0 Å². The first kappa shape index (κ1) is 28.0. The first-order valence-corrected chi connectivity index (χ1v) is 16.5. The highest BCUT2D eigenvalue weighted by Crippen LogP contribution is 2.45. The van der Waals surface area contributed by atoms with Gasteiger partial charge >= 0.3 is 0 Å². The average molecular weight is 619 g/mol. The van der Waals surface area contributed by atoms with Gasteiger partial charge in [-0.15, -0.1) is 0 Å². The van der Waals surface area contributed by atoms with Gasteiger partial charge in [-0.05, 0) is 76.3 Å². The predicted molar refractivity (Wildman–Crippen MR) is 203 cm³/mol. The van der Waals surface area contributed by atoms with Crippen LogP contribution in [-0.2, 0) is 0 Å². The van der Waals surface area contributed by atoms with Crippen LogP contribution in [0, 0.1) is 0 Å². The van der Waals surface area contributed by atoms with Gasteiger partial charge in [0.2, 0.25) is 0 Å². The second-order valence-corrected chi connectivity index (χ2v) is 12.4. The van der Waals surface area contributed by atoms with Crippen LogP contribution in [0.1, 0.15) is 0 Å². The number of anilines is 3. The second kappa shape index (κ2) is 11.5. The molecule has 0 radical (unpaired) electrons. The number of fused-ring (bicyclic) bond motifs is 4. The minimum atomic E-state index is -0.116. The van der Waals surface area contributed by atoms with Gasteiger partial charge in [0.15, 0.2) is 6.29 Å². The Labute approximate surface area is 280 Å². The van der Waals surface area contributed by atoms with E-state index < -0.39 is 0 Å². The summed E-state index contributed by atoms with van der Waals surface area (Å²) >= 11 is 0. The summed E-state index contributed by atoms with van der Waals surface area (Å²) in [4.78, 5) is 2.27. The summed E-state index contributed by atoms with van der Waals surface area (Å²) in [6.45, 7) is 0. The number of hydrogen-bond acceptors (Lipinski definition) is 3. The van der Waals surface area contributed by atoms with E-state index in [2.05, 4.69) is 197 Å². The SMILES string of the molecule is CN1c2ccccc2NC1Nc1ccc2c3cc(-c4ccccc4)ccc3n(-c3ccccc3)c2c1-c1cccc(-c2ccccc2)c1. The van der Waals surface area contributed by atoms with Crippen molar-refractivity contribution < 1.29 is 0 Å². The molecule has 4 heteroatoms. The standard InChI is InChI=1S/C44H34N4/c1-47-41-23-12-11-22-38(41)45-44(47)46-39-26-25-36-37-29-33(31-16-7-3-8-17-31)24-27-40(37)48(35-20-9-4-10-21-35)43(36)42(39)34-19-13-18-32(28-34)30-14-5-2-6-15-30/h2-29,44-46H,1H3. The quantitative estimate of drug-likeness (QED) is 0.194. The lowest BCUT2D eigenvalue weighted by Crippen LogP contribution is -2.39. The maximum atomic E-state index is 3.92. The molecule has 48 heavy (non-hydrogen) atoms. The van der Waals surface area contributed by atoms with E-state index in [9.17, 15) is 0 Å². The van der Waals surface area contributed by atoms with Gasteiger partial charge in [-0.25, -0.2) is 0 Å². The minimum absolute atomic E-state index is 0.116. The highest BCUT2D eigenvalue weighted by atomic mass is 15.4. The number of benzene rings is 7. The van der Waals surface area contributed by atoms with Gasteiger partial charge in [-0.3, -0.25) is 0 Å². The molecule has 1 aliphatic heterocycles. The van der Waals surface area contributed by atoms with Crippen LogP contribution in [0.5, 0.6) is 0 Å². The number of rotatable bonds is 6. The number of aromatic nitrogens is 1. The van der Waals surface area contributed by atoms with Crippen molar-refractivity contribution in [2.24, 2.45) is 0 Å². The number of hydrogen-bond donors (Lipinski definition) is 2. The van der Waals surface area contributed by atoms with Crippen LogP contribution in [-0.4, -0.2) is 17.9 Å². The fourth-order valence-electron chi connectivity index (χ4n) is 7.23. The van der Waals surface area contributed by atoms with Crippen molar-refractivity contribution in [2.75, 3.05) is 22.6 Å². The molecule has 9 rings (SSSR count). The van der Waals surface area contributed by atoms with E-state index in [0.29, 0.717) is 0 Å². The van der Waals surface area contributed by atoms with E-state index in [-0.39, 0.29) is 6.29 Å². The van der Waals surface area contributed by atoms with Crippen LogP contribution in [0.4, 0.5) is 17.1 Å². The topological polar surface area (TPSA) is 32.2 Å². The Morgan fingerprint density at radius 1 is 0.521 bits per heavy atom. The molecule has 2 heterocycles. The maximum absolute atomic E-state index is 3.92. The molecular formula is C44H34N4. The first-order valence-electron chi connectivity index (χ1n) is 16.5. The lowest BCUT2D eigenvalue weighted by atomic mass is 9.95. The predicted octanol–water partition coefficient (Wildman–Crippen LogP) is 11.0. The van der Waals surface area contributed by atoms with Crippen molar-refractivity contribution in [1.29, 1.82) is 0 Å². The summed E-state index contributed by atoms with van der Waals surface area (Å²) in [5, 5.41) is 10.1. The normalized spacial score (nSPS) is 13.9. The molecule has 0 fully saturated rings. The Morgan fingerprint density at radius 2 is 1.15 bits per heavy atom. The molecule has 0 aliphatic carbocycles. The minimum Gasteiger partial charge on any atom is -0.348 e. The van der Waals surface area contributed by atoms with Gasteiger partial charge in [0, 0.05) is 34.8 Å². The third-order valence-corrected chi connectivity index (χ3v) is 9.56. The van der Waals surface area contributed by atoms with Crippen molar-refractivity contribution >= 4 is 38.9 Å². The molecule has 0 saturated heterocycles. The smallest absolute Gasteiger partial charge is 0.176 e. The van der Waals surface area contributed by atoms with Crippen LogP contribution in [0.3, 0.4) is 0 Å². The molecule has 7 aromatic carbocycles. The molecule has 1 aromatic heterocycles. The zero-order chi connectivity index (χ0) is 32.0. The van der Waals surface area contributed by atoms with Crippen molar-refractivity contribution in [3.05, 3.63) is 170 Å². The molecule has 2 N–H and O–H groups in total. The average Bonchev–Trinajstić information content (AvgIpc) is 3.66. The third kappa shape index (κ3) is 4.69. The van der Waals surface area contributed by atoms with Gasteiger partial charge < -0.3 is 20.1 Å².